The molecule has 0 bridgehead atoms. The van der Waals surface area contributed by atoms with E-state index in [1.807, 2.05) is 0 Å². The molecule has 0 atom stereocenters. The summed E-state index contributed by atoms with van der Waals surface area (Å²) >= 11 is 5.84. The fraction of sp³-hybridized carbons (Fsp3) is 0.333. The lowest BCUT2D eigenvalue weighted by Gasteiger charge is -2.17. The van der Waals surface area contributed by atoms with Crippen molar-refractivity contribution in [1.29, 1.82) is 0 Å². The number of aromatic nitrogens is 2. The third kappa shape index (κ3) is 3.06. The van der Waals surface area contributed by atoms with Gasteiger partial charge in [-0.3, -0.25) is 4.79 Å². The summed E-state index contributed by atoms with van der Waals surface area (Å²) < 4.78 is 41.3. The van der Waals surface area contributed by atoms with Crippen LogP contribution in [-0.2, 0) is 6.18 Å². The highest BCUT2D eigenvalue weighted by Gasteiger charge is 2.41. The molecule has 0 N–H and O–H groups in total. The SMILES string of the molecule is O=C(c1cnn(-c2cccc(Cl)c2)c1C(F)(F)F)N1CCCC1. The molecule has 2 aromatic rings. The molecule has 1 aromatic heterocycles. The molecule has 1 fully saturated rings. The van der Waals surface area contributed by atoms with Crippen LogP contribution in [0.5, 0.6) is 0 Å². The number of carbonyl (C=O) groups excluding carboxylic acids is 1. The van der Waals surface area contributed by atoms with Gasteiger partial charge >= 0.3 is 6.18 Å². The third-order valence-corrected chi connectivity index (χ3v) is 3.95. The van der Waals surface area contributed by atoms with Crippen LogP contribution in [-0.4, -0.2) is 33.7 Å². The van der Waals surface area contributed by atoms with E-state index in [0.29, 0.717) is 18.1 Å². The number of likely N-dealkylation sites (tertiary alicyclic amines) is 1. The molecular formula is C15H13ClF3N3O. The molecule has 1 aliphatic heterocycles. The topological polar surface area (TPSA) is 38.1 Å². The Balaban J connectivity index is 2.10. The molecule has 23 heavy (non-hydrogen) atoms. The summed E-state index contributed by atoms with van der Waals surface area (Å²) in [5.41, 5.74) is -1.35. The molecule has 0 radical (unpaired) electrons. The predicted octanol–water partition coefficient (Wildman–Crippen LogP) is 3.78. The van der Waals surface area contributed by atoms with Crippen LogP contribution in [0, 0.1) is 0 Å². The van der Waals surface area contributed by atoms with Gasteiger partial charge in [0.1, 0.15) is 0 Å². The minimum atomic E-state index is -4.70. The van der Waals surface area contributed by atoms with Crippen LogP contribution in [0.1, 0.15) is 28.9 Å². The van der Waals surface area contributed by atoms with Crippen molar-refractivity contribution in [3.8, 4) is 5.69 Å². The van der Waals surface area contributed by atoms with E-state index in [1.54, 1.807) is 6.07 Å². The Hall–Kier alpha value is -2.02. The van der Waals surface area contributed by atoms with Crippen molar-refractivity contribution in [2.24, 2.45) is 0 Å². The molecule has 1 saturated heterocycles. The second-order valence-corrected chi connectivity index (χ2v) is 5.73. The van der Waals surface area contributed by atoms with Crippen molar-refractivity contribution in [3.63, 3.8) is 0 Å². The summed E-state index contributed by atoms with van der Waals surface area (Å²) in [4.78, 5) is 13.8. The Morgan fingerprint density at radius 1 is 1.22 bits per heavy atom. The van der Waals surface area contributed by atoms with E-state index in [9.17, 15) is 18.0 Å². The Morgan fingerprint density at radius 2 is 1.91 bits per heavy atom. The van der Waals surface area contributed by atoms with Crippen LogP contribution < -0.4 is 0 Å². The molecule has 0 unspecified atom stereocenters. The number of halogens is 4. The maximum atomic E-state index is 13.5. The molecule has 122 valence electrons. The van der Waals surface area contributed by atoms with E-state index in [2.05, 4.69) is 5.10 Å². The number of rotatable bonds is 2. The molecule has 0 aliphatic carbocycles. The van der Waals surface area contributed by atoms with Gasteiger partial charge < -0.3 is 4.90 Å². The summed E-state index contributed by atoms with van der Waals surface area (Å²) in [6, 6.07) is 5.91. The van der Waals surface area contributed by atoms with Crippen molar-refractivity contribution in [1.82, 2.24) is 14.7 Å². The molecule has 2 heterocycles. The van der Waals surface area contributed by atoms with Gasteiger partial charge in [0.25, 0.3) is 5.91 Å². The third-order valence-electron chi connectivity index (χ3n) is 3.71. The van der Waals surface area contributed by atoms with E-state index in [-0.39, 0.29) is 5.69 Å². The lowest BCUT2D eigenvalue weighted by molar-refractivity contribution is -0.143. The monoisotopic (exact) mass is 343 g/mol. The van der Waals surface area contributed by atoms with Crippen LogP contribution in [0.15, 0.2) is 30.5 Å². The smallest absolute Gasteiger partial charge is 0.339 e. The van der Waals surface area contributed by atoms with E-state index in [0.717, 1.165) is 23.7 Å². The van der Waals surface area contributed by atoms with Gasteiger partial charge in [-0.2, -0.15) is 18.3 Å². The molecule has 1 aliphatic rings. The molecule has 3 rings (SSSR count). The number of carbonyl (C=O) groups is 1. The van der Waals surface area contributed by atoms with Crippen molar-refractivity contribution >= 4 is 17.5 Å². The maximum absolute atomic E-state index is 13.5. The molecule has 0 saturated carbocycles. The lowest BCUT2D eigenvalue weighted by Crippen LogP contribution is -2.29. The van der Waals surface area contributed by atoms with Gasteiger partial charge in [0.15, 0.2) is 5.69 Å². The minimum Gasteiger partial charge on any atom is -0.339 e. The van der Waals surface area contributed by atoms with Gasteiger partial charge in [-0.05, 0) is 31.0 Å². The van der Waals surface area contributed by atoms with E-state index < -0.39 is 23.3 Å². The normalized spacial score (nSPS) is 15.2. The van der Waals surface area contributed by atoms with Gasteiger partial charge in [0.2, 0.25) is 0 Å². The fourth-order valence-electron chi connectivity index (χ4n) is 2.67. The van der Waals surface area contributed by atoms with Crippen molar-refractivity contribution < 1.29 is 18.0 Å². The number of amides is 1. The minimum absolute atomic E-state index is 0.158. The summed E-state index contributed by atoms with van der Waals surface area (Å²) in [7, 11) is 0. The zero-order chi connectivity index (χ0) is 16.6. The number of nitrogens with zero attached hydrogens (tertiary/aromatic N) is 3. The van der Waals surface area contributed by atoms with Gasteiger partial charge in [0, 0.05) is 18.1 Å². The largest absolute Gasteiger partial charge is 0.434 e. The van der Waals surface area contributed by atoms with E-state index in [1.165, 1.54) is 23.1 Å². The first-order valence-electron chi connectivity index (χ1n) is 7.08. The van der Waals surface area contributed by atoms with Crippen LogP contribution in [0.25, 0.3) is 5.69 Å². The zero-order valence-electron chi connectivity index (χ0n) is 12.0. The van der Waals surface area contributed by atoms with Gasteiger partial charge in [0.05, 0.1) is 17.4 Å². The van der Waals surface area contributed by atoms with Gasteiger partial charge in [-0.25, -0.2) is 4.68 Å². The average Bonchev–Trinajstić information content (AvgIpc) is 3.15. The first-order chi connectivity index (χ1) is 10.9. The summed E-state index contributed by atoms with van der Waals surface area (Å²) in [6.07, 6.45) is -2.13. The van der Waals surface area contributed by atoms with E-state index in [4.69, 9.17) is 11.6 Å². The quantitative estimate of drug-likeness (QED) is 0.832. The number of benzene rings is 1. The first kappa shape index (κ1) is 15.9. The second kappa shape index (κ2) is 5.88. The number of hydrogen-bond acceptors (Lipinski definition) is 2. The second-order valence-electron chi connectivity index (χ2n) is 5.30. The average molecular weight is 344 g/mol. The van der Waals surface area contributed by atoms with Crippen LogP contribution in [0.2, 0.25) is 5.02 Å². The summed E-state index contributed by atoms with van der Waals surface area (Å²) in [5.74, 6) is -0.636. The van der Waals surface area contributed by atoms with Gasteiger partial charge in [-0.15, -0.1) is 0 Å². The highest BCUT2D eigenvalue weighted by molar-refractivity contribution is 6.30. The van der Waals surface area contributed by atoms with Crippen LogP contribution >= 0.6 is 11.6 Å². The molecule has 0 spiro atoms. The lowest BCUT2D eigenvalue weighted by atomic mass is 10.2. The predicted molar refractivity (Wildman–Crippen MR) is 78.7 cm³/mol. The van der Waals surface area contributed by atoms with Crippen molar-refractivity contribution in [2.45, 2.75) is 19.0 Å². The number of alkyl halides is 3. The Morgan fingerprint density at radius 3 is 2.52 bits per heavy atom. The van der Waals surface area contributed by atoms with E-state index >= 15 is 0 Å². The number of hydrogen-bond donors (Lipinski definition) is 0. The summed E-state index contributed by atoms with van der Waals surface area (Å²) in [5, 5.41) is 4.07. The Kier molecular flexibility index (Phi) is 4.06. The molecule has 4 nitrogen and oxygen atoms in total. The maximum Gasteiger partial charge on any atom is 0.434 e. The Labute approximate surface area is 135 Å². The van der Waals surface area contributed by atoms with Crippen LogP contribution in [0.3, 0.4) is 0 Å². The van der Waals surface area contributed by atoms with Crippen LogP contribution in [0.4, 0.5) is 13.2 Å². The molecule has 1 aromatic carbocycles. The van der Waals surface area contributed by atoms with Crippen molar-refractivity contribution in [3.05, 3.63) is 46.7 Å². The van der Waals surface area contributed by atoms with Gasteiger partial charge in [-0.1, -0.05) is 17.7 Å². The molecule has 8 heteroatoms. The zero-order valence-corrected chi connectivity index (χ0v) is 12.7. The molecule has 1 amide bonds. The Bertz CT molecular complexity index is 736. The highest BCUT2D eigenvalue weighted by Crippen LogP contribution is 2.34. The standard InChI is InChI=1S/C15H13ClF3N3O/c16-10-4-3-5-11(8-10)22-13(15(17,18)19)12(9-20-22)14(23)21-6-1-2-7-21/h3-5,8-9H,1-2,6-7H2. The fourth-order valence-corrected chi connectivity index (χ4v) is 2.86. The van der Waals surface area contributed by atoms with Crippen molar-refractivity contribution in [2.75, 3.05) is 13.1 Å². The highest BCUT2D eigenvalue weighted by atomic mass is 35.5. The molecular weight excluding hydrogens is 331 g/mol. The first-order valence-corrected chi connectivity index (χ1v) is 7.46. The summed E-state index contributed by atoms with van der Waals surface area (Å²) in [6.45, 7) is 0.941.